The number of benzene rings is 6. The predicted molar refractivity (Wildman–Crippen MR) is 241 cm³/mol. The van der Waals surface area contributed by atoms with E-state index in [0.717, 1.165) is 29.3 Å². The van der Waals surface area contributed by atoms with Crippen molar-refractivity contribution in [2.45, 2.75) is 9.79 Å². The van der Waals surface area contributed by atoms with Gasteiger partial charge < -0.3 is 15.3 Å². The van der Waals surface area contributed by atoms with Crippen LogP contribution >= 0.6 is 0 Å². The first-order valence-electron chi connectivity index (χ1n) is 18.6. The Morgan fingerprint density at radius 3 is 1.45 bits per heavy atom. The van der Waals surface area contributed by atoms with Crippen LogP contribution in [0.5, 0.6) is 11.5 Å². The third-order valence-corrected chi connectivity index (χ3v) is 12.0. The summed E-state index contributed by atoms with van der Waals surface area (Å²) in [6.07, 6.45) is 6.15. The summed E-state index contributed by atoms with van der Waals surface area (Å²) in [7, 11) is -8.09. The molecule has 0 amide bonds. The van der Waals surface area contributed by atoms with Crippen LogP contribution in [-0.2, 0) is 46.4 Å². The first-order valence-corrected chi connectivity index (χ1v) is 21.6. The largest absolute Gasteiger partial charge is 1.00 e. The number of aromatic hydroxyl groups is 2. The number of carboxylic acid groups (broad SMARTS) is 1. The van der Waals surface area contributed by atoms with Crippen LogP contribution in [0, 0.1) is 0 Å². The van der Waals surface area contributed by atoms with Gasteiger partial charge in [0.25, 0.3) is 20.0 Å². The molecule has 7 N–H and O–H groups in total. The van der Waals surface area contributed by atoms with E-state index >= 15 is 0 Å². The summed E-state index contributed by atoms with van der Waals surface area (Å²) >= 11 is 0. The molecule has 0 fully saturated rings. The van der Waals surface area contributed by atoms with Gasteiger partial charge in [0.05, 0.1) is 32.4 Å². The van der Waals surface area contributed by atoms with Crippen LogP contribution < -0.4 is 20.3 Å². The summed E-state index contributed by atoms with van der Waals surface area (Å²) in [4.78, 5) is 35.6. The molecule has 0 spiro atoms. The number of phenolic OH excluding ortho intramolecular Hbond substituents is 2. The van der Waals surface area contributed by atoms with Crippen molar-refractivity contribution < 1.29 is 66.2 Å². The van der Waals surface area contributed by atoms with Crippen molar-refractivity contribution in [1.82, 2.24) is 0 Å². The Balaban J connectivity index is 0.000000277. The molecule has 0 saturated carbocycles. The number of nitrogens with one attached hydrogen (secondary N) is 4. The summed E-state index contributed by atoms with van der Waals surface area (Å²) < 4.78 is 55.7. The van der Waals surface area contributed by atoms with Crippen LogP contribution in [0.15, 0.2) is 172 Å². The number of aromatic carboxylic acids is 1. The molecule has 16 nitrogen and oxygen atoms in total. The van der Waals surface area contributed by atoms with E-state index in [-0.39, 0.29) is 86.5 Å². The fraction of sp³-hybridized carbons (Fsp3) is 0. The van der Waals surface area contributed by atoms with E-state index < -0.39 is 26.0 Å². The van der Waals surface area contributed by atoms with Crippen LogP contribution in [0.4, 0.5) is 22.7 Å². The van der Waals surface area contributed by atoms with Gasteiger partial charge in [-0.1, -0.05) is 91.0 Å². The molecular formula is C45H36CoN6O10S2+2. The van der Waals surface area contributed by atoms with E-state index in [1.54, 1.807) is 66.7 Å². The maximum atomic E-state index is 12.8. The number of para-hydroxylation sites is 2. The molecule has 0 heterocycles. The van der Waals surface area contributed by atoms with E-state index in [2.05, 4.69) is 30.5 Å². The topological polar surface area (TPSA) is 253 Å². The van der Waals surface area contributed by atoms with E-state index in [0.29, 0.717) is 16.8 Å². The SMILES string of the molecule is O=C1C=Cc2ccccc2/C1=N/Nc1cc(S(=O)(=O)Nc2ccccc2C(=O)O)ccc1O.O=C1C=Cc2ccccc2C1=NNc1cc(S(=O)(=O)Nc2ccccc2)ccc1O.[Co].[H+].[H+]. The molecular weight excluding hydrogens is 908 g/mol. The number of rotatable bonds is 11. The van der Waals surface area contributed by atoms with Gasteiger partial charge in [-0.05, 0) is 83.9 Å². The number of fused-ring (bicyclic) bond motifs is 2. The van der Waals surface area contributed by atoms with Crippen molar-refractivity contribution in [2.24, 2.45) is 10.2 Å². The number of ketones is 2. The van der Waals surface area contributed by atoms with Gasteiger partial charge in [-0.2, -0.15) is 10.2 Å². The normalized spacial score (nSPS) is 14.0. The van der Waals surface area contributed by atoms with Crippen molar-refractivity contribution in [1.29, 1.82) is 0 Å². The van der Waals surface area contributed by atoms with Crippen LogP contribution in [0.3, 0.4) is 0 Å². The molecule has 0 bridgehead atoms. The Labute approximate surface area is 379 Å². The number of allylic oxidation sites excluding steroid dienone is 2. The Morgan fingerprint density at radius 2 is 0.953 bits per heavy atom. The summed E-state index contributed by atoms with van der Waals surface area (Å²) in [6.45, 7) is 0. The second kappa shape index (κ2) is 19.5. The molecule has 0 unspecified atom stereocenters. The number of hydrazone groups is 2. The Kier molecular flexibility index (Phi) is 13.9. The van der Waals surface area contributed by atoms with Gasteiger partial charge in [0.1, 0.15) is 22.9 Å². The summed E-state index contributed by atoms with van der Waals surface area (Å²) in [5.74, 6) is -2.43. The quantitative estimate of drug-likeness (QED) is 0.0506. The van der Waals surface area contributed by atoms with Crippen molar-refractivity contribution >= 4 is 83.9 Å². The second-order valence-corrected chi connectivity index (χ2v) is 16.9. The fourth-order valence-corrected chi connectivity index (χ4v) is 8.35. The zero-order chi connectivity index (χ0) is 44.7. The molecule has 6 aromatic carbocycles. The third-order valence-electron chi connectivity index (χ3n) is 9.29. The van der Waals surface area contributed by atoms with Gasteiger partial charge >= 0.3 is 8.82 Å². The number of hydrogen-bond donors (Lipinski definition) is 7. The standard InChI is InChI=1S/C23H17N3O6S.C22H17N3O4S.Co/c27-20-12-10-15(33(31,32)26-18-8-4-3-7-17(18)23(29)30)13-19(20)24-25-22-16-6-2-1-5-14(16)9-11-21(22)28;26-20-13-11-17(30(28,29)25-16-7-2-1-3-8-16)14-19(20)23-24-22-18-9-5-4-6-15(18)10-12-21(22)27;/h1-13,24,26-27H,(H,29,30);1-14,23,25-26H;/p+2/b25-22-;;. The summed E-state index contributed by atoms with van der Waals surface area (Å²) in [5.41, 5.74) is 8.40. The van der Waals surface area contributed by atoms with Crippen molar-refractivity contribution in [2.75, 3.05) is 20.3 Å². The Bertz CT molecular complexity index is 3170. The minimum atomic E-state index is -4.20. The zero-order valence-electron chi connectivity index (χ0n) is 34.8. The summed E-state index contributed by atoms with van der Waals surface area (Å²) in [5, 5.41) is 37.8. The molecule has 19 heteroatoms. The van der Waals surface area contributed by atoms with Crippen LogP contribution in [0.25, 0.3) is 12.2 Å². The van der Waals surface area contributed by atoms with Crippen LogP contribution in [0.2, 0.25) is 0 Å². The van der Waals surface area contributed by atoms with Gasteiger partial charge in [0.15, 0.2) is 0 Å². The number of carbonyl (C=O) groups excluding carboxylic acids is 2. The number of anilines is 4. The minimum Gasteiger partial charge on any atom is -0.506 e. The third kappa shape index (κ3) is 10.4. The second-order valence-electron chi connectivity index (χ2n) is 13.5. The van der Waals surface area contributed by atoms with E-state index in [1.165, 1.54) is 54.6 Å². The van der Waals surface area contributed by atoms with Crippen LogP contribution in [0.1, 0.15) is 35.5 Å². The summed E-state index contributed by atoms with van der Waals surface area (Å²) in [6, 6.07) is 35.6. The predicted octanol–water partition coefficient (Wildman–Crippen LogP) is 7.13. The monoisotopic (exact) mass is 943 g/mol. The molecule has 8 rings (SSSR count). The van der Waals surface area contributed by atoms with E-state index in [4.69, 9.17) is 0 Å². The number of nitrogens with zero attached hydrogens (tertiary/aromatic N) is 2. The van der Waals surface area contributed by atoms with Gasteiger partial charge in [-0.15, -0.1) is 0 Å². The van der Waals surface area contributed by atoms with Crippen molar-refractivity contribution in [3.63, 3.8) is 0 Å². The van der Waals surface area contributed by atoms with Gasteiger partial charge in [0, 0.05) is 33.6 Å². The molecule has 6 aromatic rings. The van der Waals surface area contributed by atoms with Gasteiger partial charge in [-0.25, -0.2) is 21.6 Å². The molecule has 0 atom stereocenters. The van der Waals surface area contributed by atoms with Crippen LogP contribution in [-0.4, -0.2) is 61.1 Å². The minimum absolute atomic E-state index is 0. The van der Waals surface area contributed by atoms with E-state index in [1.807, 2.05) is 24.3 Å². The van der Waals surface area contributed by atoms with Crippen molar-refractivity contribution in [3.8, 4) is 11.5 Å². The smallest absolute Gasteiger partial charge is 0.506 e. The first-order chi connectivity index (χ1) is 30.2. The molecule has 2 aliphatic carbocycles. The number of hydrogen-bond acceptors (Lipinski definition) is 13. The molecule has 2 aliphatic rings. The average Bonchev–Trinajstić information content (AvgIpc) is 3.27. The van der Waals surface area contributed by atoms with Gasteiger partial charge in [0.2, 0.25) is 11.6 Å². The maximum absolute atomic E-state index is 12.8. The Morgan fingerprint density at radius 1 is 0.516 bits per heavy atom. The molecule has 64 heavy (non-hydrogen) atoms. The Hall–Kier alpha value is -7.84. The zero-order valence-corrected chi connectivity index (χ0v) is 35.5. The molecule has 325 valence electrons. The number of carboxylic acids is 1. The molecule has 0 saturated heterocycles. The number of sulfonamides is 2. The number of phenols is 2. The molecule has 0 aromatic heterocycles. The fourth-order valence-electron chi connectivity index (χ4n) is 6.16. The number of carbonyl (C=O) groups is 3. The average molecular weight is 944 g/mol. The van der Waals surface area contributed by atoms with E-state index in [9.17, 15) is 46.5 Å². The molecule has 0 aliphatic heterocycles. The maximum Gasteiger partial charge on any atom is 1.00 e. The van der Waals surface area contributed by atoms with Gasteiger partial charge in [-0.3, -0.25) is 29.9 Å². The molecule has 1 radical (unpaired) electrons. The first kappa shape index (κ1) is 45.7. The van der Waals surface area contributed by atoms with Crippen molar-refractivity contribution in [3.05, 3.63) is 179 Å².